The maximum atomic E-state index is 12.3. The molecule has 0 spiro atoms. The Balaban J connectivity index is 1.74. The Morgan fingerprint density at radius 1 is 1.30 bits per heavy atom. The van der Waals surface area contributed by atoms with Gasteiger partial charge >= 0.3 is 0 Å². The summed E-state index contributed by atoms with van der Waals surface area (Å²) in [6.45, 7) is 0.456. The van der Waals surface area contributed by atoms with Gasteiger partial charge in [0.25, 0.3) is 10.0 Å². The van der Waals surface area contributed by atoms with Crippen LogP contribution in [0.2, 0.25) is 0 Å². The van der Waals surface area contributed by atoms with Crippen LogP contribution >= 0.6 is 0 Å². The second-order valence-corrected chi connectivity index (χ2v) is 7.68. The normalized spacial score (nSPS) is 25.7. The number of imidazole rings is 1. The number of rotatable bonds is 3. The summed E-state index contributed by atoms with van der Waals surface area (Å²) in [5.74, 6) is -0.241. The first-order valence-electron chi connectivity index (χ1n) is 7.32. The number of hydrogen-bond acceptors (Lipinski definition) is 5. The van der Waals surface area contributed by atoms with Crippen molar-refractivity contribution in [2.75, 3.05) is 20.1 Å². The van der Waals surface area contributed by atoms with Crippen LogP contribution in [0.4, 0.5) is 0 Å². The van der Waals surface area contributed by atoms with E-state index in [1.807, 2.05) is 0 Å². The fourth-order valence-corrected chi connectivity index (χ4v) is 4.30. The zero-order chi connectivity index (χ0) is 16.8. The van der Waals surface area contributed by atoms with Gasteiger partial charge in [0, 0.05) is 32.9 Å². The molecule has 0 aliphatic carbocycles. The number of nitrogens with zero attached hydrogens (tertiary/aromatic N) is 4. The van der Waals surface area contributed by atoms with E-state index in [1.165, 1.54) is 17.4 Å². The molecule has 2 aliphatic rings. The van der Waals surface area contributed by atoms with E-state index in [9.17, 15) is 18.0 Å². The summed E-state index contributed by atoms with van der Waals surface area (Å²) < 4.78 is 28.8. The van der Waals surface area contributed by atoms with Crippen LogP contribution < -0.4 is 4.72 Å². The van der Waals surface area contributed by atoms with Crippen LogP contribution in [-0.4, -0.2) is 71.8 Å². The van der Waals surface area contributed by atoms with Crippen LogP contribution in [0.5, 0.6) is 0 Å². The molecule has 3 rings (SSSR count). The first kappa shape index (κ1) is 15.9. The summed E-state index contributed by atoms with van der Waals surface area (Å²) >= 11 is 0. The number of aryl methyl sites for hydroxylation is 1. The number of piperidine rings is 1. The third-order valence-electron chi connectivity index (χ3n) is 4.23. The Hall–Kier alpha value is -1.94. The maximum Gasteiger partial charge on any atom is 0.259 e. The quantitative estimate of drug-likeness (QED) is 0.723. The van der Waals surface area contributed by atoms with E-state index in [0.717, 1.165) is 0 Å². The minimum Gasteiger partial charge on any atom is -0.339 e. The lowest BCUT2D eigenvalue weighted by molar-refractivity contribution is -0.156. The summed E-state index contributed by atoms with van der Waals surface area (Å²) in [5.41, 5.74) is 0. The van der Waals surface area contributed by atoms with Crippen molar-refractivity contribution in [1.29, 1.82) is 0 Å². The van der Waals surface area contributed by atoms with Crippen LogP contribution in [-0.2, 0) is 26.7 Å². The highest BCUT2D eigenvalue weighted by atomic mass is 32.2. The van der Waals surface area contributed by atoms with Crippen molar-refractivity contribution in [3.05, 3.63) is 12.5 Å². The standard InChI is InChI=1S/C13H19N5O4S/c1-16-6-11(14-8-16)23(21,22)15-9-3-4-18-10(5-9)13(20)17(2)7-12(18)19/h6,8-10,15H,3-5,7H2,1-2H3. The Morgan fingerprint density at radius 2 is 2.04 bits per heavy atom. The highest BCUT2D eigenvalue weighted by Crippen LogP contribution is 2.24. The molecule has 23 heavy (non-hydrogen) atoms. The van der Waals surface area contributed by atoms with Gasteiger partial charge in [0.2, 0.25) is 11.8 Å². The molecule has 3 heterocycles. The molecule has 1 aromatic heterocycles. The summed E-state index contributed by atoms with van der Waals surface area (Å²) in [6, 6.07) is -0.988. The molecule has 1 aromatic rings. The maximum absolute atomic E-state index is 12.3. The molecule has 2 fully saturated rings. The van der Waals surface area contributed by atoms with Gasteiger partial charge in [-0.05, 0) is 12.8 Å². The molecule has 1 N–H and O–H groups in total. The molecule has 2 aliphatic heterocycles. The Morgan fingerprint density at radius 3 is 2.70 bits per heavy atom. The minimum absolute atomic E-state index is 0.0504. The molecule has 2 atom stereocenters. The molecule has 9 nitrogen and oxygen atoms in total. The third-order valence-corrected chi connectivity index (χ3v) is 5.64. The third kappa shape index (κ3) is 2.95. The molecular formula is C13H19N5O4S. The number of aromatic nitrogens is 2. The van der Waals surface area contributed by atoms with E-state index < -0.39 is 22.1 Å². The van der Waals surface area contributed by atoms with Crippen molar-refractivity contribution in [1.82, 2.24) is 24.1 Å². The van der Waals surface area contributed by atoms with Gasteiger partial charge in [0.1, 0.15) is 6.04 Å². The van der Waals surface area contributed by atoms with Crippen LogP contribution in [0, 0.1) is 0 Å². The Labute approximate surface area is 134 Å². The molecule has 0 radical (unpaired) electrons. The van der Waals surface area contributed by atoms with E-state index in [2.05, 4.69) is 9.71 Å². The van der Waals surface area contributed by atoms with Crippen molar-refractivity contribution < 1.29 is 18.0 Å². The molecule has 0 saturated carbocycles. The summed E-state index contributed by atoms with van der Waals surface area (Å²) in [6.07, 6.45) is 3.59. The van der Waals surface area contributed by atoms with Gasteiger partial charge in [-0.25, -0.2) is 18.1 Å². The largest absolute Gasteiger partial charge is 0.339 e. The number of amides is 2. The van der Waals surface area contributed by atoms with Gasteiger partial charge in [-0.3, -0.25) is 9.59 Å². The molecule has 2 amide bonds. The average molecular weight is 341 g/mol. The molecule has 0 aromatic carbocycles. The lowest BCUT2D eigenvalue weighted by Gasteiger charge is -2.43. The predicted molar refractivity (Wildman–Crippen MR) is 79.7 cm³/mol. The monoisotopic (exact) mass is 341 g/mol. The highest BCUT2D eigenvalue weighted by Gasteiger charge is 2.42. The van der Waals surface area contributed by atoms with Crippen molar-refractivity contribution in [2.45, 2.75) is 30.0 Å². The molecule has 0 bridgehead atoms. The number of sulfonamides is 1. The van der Waals surface area contributed by atoms with Crippen molar-refractivity contribution in [3.8, 4) is 0 Å². The summed E-state index contributed by atoms with van der Waals surface area (Å²) in [4.78, 5) is 31.0. The van der Waals surface area contributed by atoms with E-state index in [1.54, 1.807) is 23.6 Å². The van der Waals surface area contributed by atoms with E-state index >= 15 is 0 Å². The zero-order valence-corrected chi connectivity index (χ0v) is 13.8. The first-order chi connectivity index (χ1) is 10.8. The lowest BCUT2D eigenvalue weighted by atomic mass is 9.95. The topological polar surface area (TPSA) is 105 Å². The van der Waals surface area contributed by atoms with Crippen LogP contribution in [0.1, 0.15) is 12.8 Å². The van der Waals surface area contributed by atoms with Gasteiger partial charge in [0.05, 0.1) is 12.9 Å². The number of likely N-dealkylation sites (N-methyl/N-ethyl adjacent to an activating group) is 1. The number of carbonyl (C=O) groups is 2. The summed E-state index contributed by atoms with van der Waals surface area (Å²) in [7, 11) is -0.462. The average Bonchev–Trinajstić information content (AvgIpc) is 2.92. The Bertz CT molecular complexity index is 743. The van der Waals surface area contributed by atoms with Gasteiger partial charge in [0.15, 0.2) is 5.03 Å². The van der Waals surface area contributed by atoms with Gasteiger partial charge in [-0.15, -0.1) is 0 Å². The fourth-order valence-electron chi connectivity index (χ4n) is 3.04. The van der Waals surface area contributed by atoms with Crippen molar-refractivity contribution in [3.63, 3.8) is 0 Å². The highest BCUT2D eigenvalue weighted by molar-refractivity contribution is 7.89. The van der Waals surface area contributed by atoms with Crippen LogP contribution in [0.3, 0.4) is 0 Å². The Kier molecular flexibility index (Phi) is 3.88. The van der Waals surface area contributed by atoms with Gasteiger partial charge in [-0.2, -0.15) is 0 Å². The number of carbonyl (C=O) groups excluding carboxylic acids is 2. The van der Waals surface area contributed by atoms with E-state index in [0.29, 0.717) is 13.0 Å². The summed E-state index contributed by atoms with van der Waals surface area (Å²) in [5, 5.41) is -0.0504. The van der Waals surface area contributed by atoms with Crippen molar-refractivity contribution in [2.24, 2.45) is 7.05 Å². The fraction of sp³-hybridized carbons (Fsp3) is 0.615. The van der Waals surface area contributed by atoms with E-state index in [4.69, 9.17) is 0 Å². The number of piperazine rings is 1. The molecular weight excluding hydrogens is 322 g/mol. The molecule has 2 saturated heterocycles. The minimum atomic E-state index is -3.73. The van der Waals surface area contributed by atoms with Crippen LogP contribution in [0.25, 0.3) is 0 Å². The number of hydrogen-bond donors (Lipinski definition) is 1. The first-order valence-corrected chi connectivity index (χ1v) is 8.81. The van der Waals surface area contributed by atoms with Crippen molar-refractivity contribution >= 4 is 21.8 Å². The lowest BCUT2D eigenvalue weighted by Crippen LogP contribution is -2.63. The SMILES string of the molecule is CN1CC(=O)N2CCC(NS(=O)(=O)c3cn(C)cn3)CC2C1=O. The van der Waals surface area contributed by atoms with E-state index in [-0.39, 0.29) is 29.8 Å². The molecule has 126 valence electrons. The van der Waals surface area contributed by atoms with Crippen LogP contribution in [0.15, 0.2) is 17.6 Å². The van der Waals surface area contributed by atoms with Gasteiger partial charge < -0.3 is 14.4 Å². The smallest absolute Gasteiger partial charge is 0.259 e. The molecule has 10 heteroatoms. The molecule has 2 unspecified atom stereocenters. The number of nitrogens with one attached hydrogen (secondary N) is 1. The second-order valence-electron chi connectivity index (χ2n) is 6.02. The zero-order valence-electron chi connectivity index (χ0n) is 13.0. The van der Waals surface area contributed by atoms with Gasteiger partial charge in [-0.1, -0.05) is 0 Å². The number of fused-ring (bicyclic) bond motifs is 1. The predicted octanol–water partition coefficient (Wildman–Crippen LogP) is -1.47. The second kappa shape index (κ2) is 5.60.